The van der Waals surface area contributed by atoms with Gasteiger partial charge in [0, 0.05) is 22.3 Å². The number of benzene rings is 1. The molecule has 1 saturated carbocycles. The Morgan fingerprint density at radius 1 is 1.33 bits per heavy atom. The fourth-order valence-electron chi connectivity index (χ4n) is 3.50. The Hall–Kier alpha value is -1.07. The Bertz CT molecular complexity index is 521. The molecular weight excluding hydrogens is 332 g/mol. The predicted molar refractivity (Wildman–Crippen MR) is 86.6 cm³/mol. The van der Waals surface area contributed by atoms with Gasteiger partial charge in [-0.2, -0.15) is 0 Å². The first-order valence-electron chi connectivity index (χ1n) is 7.57. The van der Waals surface area contributed by atoms with E-state index in [9.17, 15) is 4.79 Å². The van der Waals surface area contributed by atoms with Gasteiger partial charge in [-0.05, 0) is 37.3 Å². The average molecular weight is 353 g/mol. The van der Waals surface area contributed by atoms with Crippen LogP contribution in [0.5, 0.6) is 5.75 Å². The lowest BCUT2D eigenvalue weighted by molar-refractivity contribution is -0.117. The molecule has 1 aliphatic heterocycles. The molecule has 0 bridgehead atoms. The molecule has 5 heteroatoms. The van der Waals surface area contributed by atoms with Crippen molar-refractivity contribution in [2.24, 2.45) is 5.92 Å². The summed E-state index contributed by atoms with van der Waals surface area (Å²) >= 11 is 3.43. The van der Waals surface area contributed by atoms with E-state index in [4.69, 9.17) is 4.74 Å². The van der Waals surface area contributed by atoms with Crippen LogP contribution in [0.2, 0.25) is 0 Å². The van der Waals surface area contributed by atoms with Crippen molar-refractivity contribution in [2.75, 3.05) is 12.4 Å². The fourth-order valence-corrected chi connectivity index (χ4v) is 3.98. The highest BCUT2D eigenvalue weighted by molar-refractivity contribution is 9.10. The van der Waals surface area contributed by atoms with Crippen molar-refractivity contribution in [3.8, 4) is 5.75 Å². The number of fused-ring (bicyclic) bond motifs is 1. The minimum atomic E-state index is -0.0666. The Morgan fingerprint density at radius 3 is 2.90 bits per heavy atom. The number of amides is 1. The van der Waals surface area contributed by atoms with Crippen LogP contribution in [0.25, 0.3) is 0 Å². The van der Waals surface area contributed by atoms with E-state index < -0.39 is 0 Å². The first kappa shape index (κ1) is 14.9. The Kier molecular flexibility index (Phi) is 4.50. The number of rotatable bonds is 3. The van der Waals surface area contributed by atoms with Crippen molar-refractivity contribution in [2.45, 2.75) is 44.2 Å². The van der Waals surface area contributed by atoms with Crippen molar-refractivity contribution >= 4 is 27.5 Å². The van der Waals surface area contributed by atoms with E-state index in [1.165, 1.54) is 25.7 Å². The van der Waals surface area contributed by atoms with Crippen LogP contribution in [0.15, 0.2) is 22.7 Å². The van der Waals surface area contributed by atoms with Gasteiger partial charge < -0.3 is 15.4 Å². The second-order valence-electron chi connectivity index (χ2n) is 5.97. The van der Waals surface area contributed by atoms with Gasteiger partial charge in [-0.3, -0.25) is 4.79 Å². The number of methoxy groups -OCH3 is 1. The zero-order valence-electron chi connectivity index (χ0n) is 12.2. The summed E-state index contributed by atoms with van der Waals surface area (Å²) < 4.78 is 6.12. The normalized spacial score (nSPS) is 28.0. The van der Waals surface area contributed by atoms with Crippen LogP contribution in [0, 0.1) is 5.92 Å². The van der Waals surface area contributed by atoms with Crippen LogP contribution < -0.4 is 15.4 Å². The molecular formula is C16H21BrN2O2. The molecule has 1 saturated heterocycles. The molecule has 21 heavy (non-hydrogen) atoms. The van der Waals surface area contributed by atoms with Gasteiger partial charge in [-0.1, -0.05) is 28.8 Å². The fraction of sp³-hybridized carbons (Fsp3) is 0.562. The van der Waals surface area contributed by atoms with E-state index in [1.54, 1.807) is 7.11 Å². The van der Waals surface area contributed by atoms with E-state index in [2.05, 4.69) is 26.6 Å². The smallest absolute Gasteiger partial charge is 0.241 e. The van der Waals surface area contributed by atoms with Crippen LogP contribution >= 0.6 is 15.9 Å². The summed E-state index contributed by atoms with van der Waals surface area (Å²) in [6.45, 7) is 0. The second-order valence-corrected chi connectivity index (χ2v) is 6.89. The molecule has 2 fully saturated rings. The van der Waals surface area contributed by atoms with Gasteiger partial charge in [0.2, 0.25) is 5.91 Å². The number of halogens is 1. The lowest BCUT2D eigenvalue weighted by Gasteiger charge is -2.24. The molecule has 3 rings (SSSR count). The van der Waals surface area contributed by atoms with Crippen LogP contribution in [0.3, 0.4) is 0 Å². The summed E-state index contributed by atoms with van der Waals surface area (Å²) in [5.41, 5.74) is 0.767. The van der Waals surface area contributed by atoms with Crippen molar-refractivity contribution in [1.82, 2.24) is 5.32 Å². The molecule has 0 aromatic heterocycles. The minimum Gasteiger partial charge on any atom is -0.497 e. The van der Waals surface area contributed by atoms with Gasteiger partial charge >= 0.3 is 0 Å². The van der Waals surface area contributed by atoms with Crippen molar-refractivity contribution in [1.29, 1.82) is 0 Å². The highest BCUT2D eigenvalue weighted by atomic mass is 79.9. The molecule has 3 atom stereocenters. The number of ether oxygens (including phenoxy) is 1. The third-order valence-corrected chi connectivity index (χ3v) is 5.01. The Morgan fingerprint density at radius 2 is 2.14 bits per heavy atom. The quantitative estimate of drug-likeness (QED) is 0.877. The highest BCUT2D eigenvalue weighted by Gasteiger charge is 2.38. The molecule has 3 unspecified atom stereocenters. The SMILES string of the molecule is COc1cc(Br)cc(NC(=O)C2CC3CCCCC3N2)c1. The summed E-state index contributed by atoms with van der Waals surface area (Å²) in [5.74, 6) is 1.46. The molecule has 1 aliphatic carbocycles. The Labute approximate surface area is 133 Å². The van der Waals surface area contributed by atoms with Gasteiger partial charge in [-0.25, -0.2) is 0 Å². The molecule has 1 aromatic carbocycles. The average Bonchev–Trinajstić information content (AvgIpc) is 2.90. The molecule has 114 valence electrons. The monoisotopic (exact) mass is 352 g/mol. The van der Waals surface area contributed by atoms with E-state index in [1.807, 2.05) is 18.2 Å². The second kappa shape index (κ2) is 6.36. The van der Waals surface area contributed by atoms with Crippen LogP contribution in [-0.4, -0.2) is 25.1 Å². The predicted octanol–water partition coefficient (Wildman–Crippen LogP) is 3.32. The molecule has 2 aliphatic rings. The lowest BCUT2D eigenvalue weighted by Crippen LogP contribution is -2.39. The van der Waals surface area contributed by atoms with Crippen LogP contribution in [0.1, 0.15) is 32.1 Å². The molecule has 0 radical (unpaired) electrons. The van der Waals surface area contributed by atoms with E-state index in [0.717, 1.165) is 22.3 Å². The maximum absolute atomic E-state index is 12.4. The van der Waals surface area contributed by atoms with Gasteiger partial charge in [0.25, 0.3) is 0 Å². The maximum Gasteiger partial charge on any atom is 0.241 e. The lowest BCUT2D eigenvalue weighted by atomic mass is 9.85. The van der Waals surface area contributed by atoms with Gasteiger partial charge in [-0.15, -0.1) is 0 Å². The molecule has 0 spiro atoms. The zero-order valence-corrected chi connectivity index (χ0v) is 13.8. The molecule has 4 nitrogen and oxygen atoms in total. The number of hydrogen-bond donors (Lipinski definition) is 2. The topological polar surface area (TPSA) is 50.4 Å². The summed E-state index contributed by atoms with van der Waals surface area (Å²) in [6, 6.07) is 6.07. The Balaban J connectivity index is 1.65. The summed E-state index contributed by atoms with van der Waals surface area (Å²) in [6.07, 6.45) is 6.01. The number of carbonyl (C=O) groups excluding carboxylic acids is 1. The largest absolute Gasteiger partial charge is 0.497 e. The number of carbonyl (C=O) groups is 1. The third-order valence-electron chi connectivity index (χ3n) is 4.55. The summed E-state index contributed by atoms with van der Waals surface area (Å²) in [7, 11) is 1.62. The number of anilines is 1. The first-order valence-corrected chi connectivity index (χ1v) is 8.36. The van der Waals surface area contributed by atoms with Gasteiger partial charge in [0.1, 0.15) is 5.75 Å². The summed E-state index contributed by atoms with van der Waals surface area (Å²) in [4.78, 5) is 12.4. The van der Waals surface area contributed by atoms with Crippen molar-refractivity contribution in [3.63, 3.8) is 0 Å². The van der Waals surface area contributed by atoms with E-state index in [0.29, 0.717) is 12.0 Å². The van der Waals surface area contributed by atoms with Gasteiger partial charge in [0.05, 0.1) is 13.2 Å². The highest BCUT2D eigenvalue weighted by Crippen LogP contribution is 2.33. The van der Waals surface area contributed by atoms with Crippen LogP contribution in [-0.2, 0) is 4.79 Å². The van der Waals surface area contributed by atoms with Crippen molar-refractivity contribution < 1.29 is 9.53 Å². The molecule has 1 amide bonds. The maximum atomic E-state index is 12.4. The first-order chi connectivity index (χ1) is 10.2. The van der Waals surface area contributed by atoms with Crippen LogP contribution in [0.4, 0.5) is 5.69 Å². The summed E-state index contributed by atoms with van der Waals surface area (Å²) in [5, 5.41) is 6.50. The molecule has 1 aromatic rings. The minimum absolute atomic E-state index is 0.0598. The van der Waals surface area contributed by atoms with Gasteiger partial charge in [0.15, 0.2) is 0 Å². The third kappa shape index (κ3) is 3.40. The van der Waals surface area contributed by atoms with Crippen molar-refractivity contribution in [3.05, 3.63) is 22.7 Å². The molecule has 2 N–H and O–H groups in total. The number of hydrogen-bond acceptors (Lipinski definition) is 3. The van der Waals surface area contributed by atoms with E-state index in [-0.39, 0.29) is 11.9 Å². The number of nitrogens with one attached hydrogen (secondary N) is 2. The standard InChI is InChI=1S/C16H21BrN2O2/c1-21-13-8-11(17)7-12(9-13)18-16(20)15-6-10-4-2-3-5-14(10)19-15/h7-10,14-15,19H,2-6H2,1H3,(H,18,20). The zero-order chi connectivity index (χ0) is 14.8. The molecule has 1 heterocycles. The van der Waals surface area contributed by atoms with E-state index >= 15 is 0 Å².